The summed E-state index contributed by atoms with van der Waals surface area (Å²) < 4.78 is 55.1. The van der Waals surface area contributed by atoms with Crippen LogP contribution in [-0.2, 0) is 28.3 Å². The van der Waals surface area contributed by atoms with Crippen molar-refractivity contribution in [1.82, 2.24) is 19.9 Å². The minimum absolute atomic E-state index is 0.0303. The molecule has 3 aromatic rings. The summed E-state index contributed by atoms with van der Waals surface area (Å²) in [6, 6.07) is 5.75. The number of ketones is 1. The van der Waals surface area contributed by atoms with Gasteiger partial charge >= 0.3 is 0 Å². The maximum atomic E-state index is 13.2. The number of H-pyrrole nitrogens is 1. The number of Topliss-reactive ketones (excluding diaryl/α,β-unsaturated/α-hetero) is 1. The van der Waals surface area contributed by atoms with Crippen molar-refractivity contribution in [3.05, 3.63) is 59.3 Å². The summed E-state index contributed by atoms with van der Waals surface area (Å²) in [4.78, 5) is 26.5. The molecule has 2 heterocycles. The lowest BCUT2D eigenvalue weighted by Crippen LogP contribution is -2.11. The third kappa shape index (κ3) is 8.36. The second-order valence-corrected chi connectivity index (χ2v) is 11.6. The van der Waals surface area contributed by atoms with Gasteiger partial charge in [0.25, 0.3) is 5.66 Å². The van der Waals surface area contributed by atoms with Gasteiger partial charge in [0.05, 0.1) is 17.6 Å². The van der Waals surface area contributed by atoms with Gasteiger partial charge in [-0.15, -0.1) is 0 Å². The molecule has 1 N–H and O–H groups in total. The summed E-state index contributed by atoms with van der Waals surface area (Å²) >= 11 is 0. The molecular weight excluding hydrogens is 533 g/mol. The summed E-state index contributed by atoms with van der Waals surface area (Å²) in [5, 5.41) is -0.123. The molecule has 0 fully saturated rings. The number of benzene rings is 1. The first kappa shape index (κ1) is 31.4. The molecule has 12 heteroatoms. The van der Waals surface area contributed by atoms with Crippen molar-refractivity contribution < 1.29 is 26.7 Å². The third-order valence-electron chi connectivity index (χ3n) is 5.84. The molecule has 0 amide bonds. The van der Waals surface area contributed by atoms with Gasteiger partial charge in [0.1, 0.15) is 17.8 Å². The zero-order chi connectivity index (χ0) is 28.5. The Bertz CT molecular complexity index is 1310. The molecule has 0 spiro atoms. The molecule has 0 saturated carbocycles. The van der Waals surface area contributed by atoms with Gasteiger partial charge in [-0.3, -0.25) is 4.79 Å². The molecule has 2 aromatic heterocycles. The zero-order valence-corrected chi connectivity index (χ0v) is 24.3. The van der Waals surface area contributed by atoms with Gasteiger partial charge in [-0.2, -0.15) is 8.78 Å². The number of hydrogen-bond acceptors (Lipinski definition) is 7. The minimum Gasteiger partial charge on any atom is -0.439 e. The van der Waals surface area contributed by atoms with Crippen LogP contribution < -0.4 is 4.74 Å². The van der Waals surface area contributed by atoms with Crippen LogP contribution in [-0.4, -0.2) is 39.9 Å². The maximum absolute atomic E-state index is 13.2. The SMILES string of the molecule is CCC(C)C(=O)c1cnc(S(=O)(=O)CC)[nH]1.CCCc1c(CC)ncnc1Oc1ccc(C(F)(F)P)cc1. The quantitative estimate of drug-likeness (QED) is 0.218. The Kier molecular flexibility index (Phi) is 11.5. The van der Waals surface area contributed by atoms with Crippen LogP contribution in [0.4, 0.5) is 8.78 Å². The van der Waals surface area contributed by atoms with Crippen LogP contribution in [0.1, 0.15) is 74.8 Å². The van der Waals surface area contributed by atoms with Crippen molar-refractivity contribution in [3.63, 3.8) is 0 Å². The van der Waals surface area contributed by atoms with E-state index in [9.17, 15) is 22.0 Å². The lowest BCUT2D eigenvalue weighted by molar-refractivity contribution is 0.0922. The zero-order valence-electron chi connectivity index (χ0n) is 22.3. The Hall–Kier alpha value is -2.78. The number of alkyl halides is 2. The number of aromatic amines is 1. The topological polar surface area (TPSA) is 115 Å². The van der Waals surface area contributed by atoms with E-state index >= 15 is 0 Å². The number of nitrogens with zero attached hydrogens (tertiary/aromatic N) is 3. The van der Waals surface area contributed by atoms with Gasteiger partial charge in [-0.25, -0.2) is 23.4 Å². The standard InChI is InChI=1S/C16H19F2N2OP.C10H16N2O3S/c1-3-5-13-14(4-2)19-10-20-15(13)21-12-8-6-11(7-9-12)16(17,18)22;1-4-7(3)9(13)8-6-11-10(12-8)16(14,15)5-2/h6-10H,3-5,22H2,1-2H3;6-7H,4-5H2,1-3H3,(H,11,12). The van der Waals surface area contributed by atoms with E-state index in [1.54, 1.807) is 6.92 Å². The van der Waals surface area contributed by atoms with Gasteiger partial charge in [-0.05, 0) is 43.5 Å². The van der Waals surface area contributed by atoms with E-state index in [1.165, 1.54) is 53.0 Å². The number of aryl methyl sites for hydroxylation is 1. The molecular formula is C26H35F2N4O4PS. The van der Waals surface area contributed by atoms with Crippen LogP contribution >= 0.6 is 9.24 Å². The monoisotopic (exact) mass is 568 g/mol. The van der Waals surface area contributed by atoms with Crippen LogP contribution in [0.15, 0.2) is 41.9 Å². The Balaban J connectivity index is 0.000000281. The molecule has 0 aliphatic heterocycles. The number of imidazole rings is 1. The molecule has 0 saturated heterocycles. The highest BCUT2D eigenvalue weighted by Crippen LogP contribution is 2.36. The Labute approximate surface area is 225 Å². The first-order valence-electron chi connectivity index (χ1n) is 12.5. The Morgan fingerprint density at radius 2 is 1.76 bits per heavy atom. The van der Waals surface area contributed by atoms with Gasteiger partial charge < -0.3 is 9.72 Å². The van der Waals surface area contributed by atoms with Crippen molar-refractivity contribution >= 4 is 24.9 Å². The van der Waals surface area contributed by atoms with Crippen LogP contribution in [0, 0.1) is 5.92 Å². The number of carbonyl (C=O) groups excluding carboxylic acids is 1. The average molecular weight is 569 g/mol. The van der Waals surface area contributed by atoms with E-state index in [1.807, 2.05) is 13.8 Å². The van der Waals surface area contributed by atoms with E-state index in [2.05, 4.69) is 26.9 Å². The van der Waals surface area contributed by atoms with Gasteiger partial charge in [0.15, 0.2) is 5.78 Å². The third-order valence-corrected chi connectivity index (χ3v) is 7.73. The fraction of sp³-hybridized carbons (Fsp3) is 0.462. The number of carbonyl (C=O) groups is 1. The first-order chi connectivity index (χ1) is 17.9. The predicted octanol–water partition coefficient (Wildman–Crippen LogP) is 6.14. The number of sulfone groups is 1. The van der Waals surface area contributed by atoms with Crippen molar-refractivity contribution in [2.45, 2.75) is 71.1 Å². The molecule has 2 unspecified atom stereocenters. The number of rotatable bonds is 11. The summed E-state index contributed by atoms with van der Waals surface area (Å²) in [6.07, 6.45) is 6.05. The second-order valence-electron chi connectivity index (χ2n) is 8.64. The molecule has 38 heavy (non-hydrogen) atoms. The number of aromatic nitrogens is 4. The molecule has 2 atom stereocenters. The van der Waals surface area contributed by atoms with Gasteiger partial charge in [-0.1, -0.05) is 50.3 Å². The lowest BCUT2D eigenvalue weighted by Gasteiger charge is -2.14. The van der Waals surface area contributed by atoms with Gasteiger partial charge in [0, 0.05) is 17.0 Å². The van der Waals surface area contributed by atoms with Crippen LogP contribution in [0.25, 0.3) is 0 Å². The molecule has 3 rings (SSSR count). The fourth-order valence-corrected chi connectivity index (χ4v) is 4.30. The van der Waals surface area contributed by atoms with E-state index in [4.69, 9.17) is 4.74 Å². The van der Waals surface area contributed by atoms with E-state index in [-0.39, 0.29) is 33.9 Å². The Morgan fingerprint density at radius 3 is 2.29 bits per heavy atom. The summed E-state index contributed by atoms with van der Waals surface area (Å²) in [5.74, 6) is 0.720. The summed E-state index contributed by atoms with van der Waals surface area (Å²) in [7, 11) is -1.84. The Morgan fingerprint density at radius 1 is 1.11 bits per heavy atom. The maximum Gasteiger partial charge on any atom is 0.283 e. The van der Waals surface area contributed by atoms with Crippen LogP contribution in [0.3, 0.4) is 0 Å². The smallest absolute Gasteiger partial charge is 0.283 e. The average Bonchev–Trinajstić information content (AvgIpc) is 3.40. The van der Waals surface area contributed by atoms with E-state index < -0.39 is 15.5 Å². The summed E-state index contributed by atoms with van der Waals surface area (Å²) in [6.45, 7) is 9.35. The molecule has 0 bridgehead atoms. The number of halogens is 2. The highest BCUT2D eigenvalue weighted by molar-refractivity contribution is 7.91. The highest BCUT2D eigenvalue weighted by atomic mass is 32.2. The molecule has 8 nitrogen and oxygen atoms in total. The number of nitrogens with one attached hydrogen (secondary N) is 1. The van der Waals surface area contributed by atoms with E-state index in [0.29, 0.717) is 18.1 Å². The normalized spacial score (nSPS) is 12.4. The van der Waals surface area contributed by atoms with Crippen LogP contribution in [0.2, 0.25) is 0 Å². The number of ether oxygens (including phenoxy) is 1. The molecule has 1 aromatic carbocycles. The van der Waals surface area contributed by atoms with Crippen molar-refractivity contribution in [2.75, 3.05) is 5.75 Å². The van der Waals surface area contributed by atoms with Crippen LogP contribution in [0.5, 0.6) is 11.6 Å². The highest BCUT2D eigenvalue weighted by Gasteiger charge is 2.24. The summed E-state index contributed by atoms with van der Waals surface area (Å²) in [5.41, 5.74) is -0.805. The van der Waals surface area contributed by atoms with Crippen molar-refractivity contribution in [1.29, 1.82) is 0 Å². The molecule has 0 radical (unpaired) electrons. The first-order valence-corrected chi connectivity index (χ1v) is 14.7. The predicted molar refractivity (Wildman–Crippen MR) is 146 cm³/mol. The number of hydrogen-bond donors (Lipinski definition) is 1. The molecule has 0 aliphatic carbocycles. The van der Waals surface area contributed by atoms with Gasteiger partial charge in [0.2, 0.25) is 20.9 Å². The van der Waals surface area contributed by atoms with Crippen molar-refractivity contribution in [3.8, 4) is 11.6 Å². The van der Waals surface area contributed by atoms with E-state index in [0.717, 1.165) is 30.5 Å². The minimum atomic E-state index is -3.36. The lowest BCUT2D eigenvalue weighted by atomic mass is 10.0. The molecule has 208 valence electrons. The molecule has 0 aliphatic rings. The second kappa shape index (κ2) is 13.8. The largest absolute Gasteiger partial charge is 0.439 e. The van der Waals surface area contributed by atoms with Crippen molar-refractivity contribution in [2.24, 2.45) is 5.92 Å². The fourth-order valence-electron chi connectivity index (χ4n) is 3.35.